The van der Waals surface area contributed by atoms with Gasteiger partial charge in [0.2, 0.25) is 0 Å². The topological polar surface area (TPSA) is 77.6 Å². The standard InChI is InChI=1S/C22H18N4O/c1-13-15(12-27)5-4-6-16(13)14-9-10-18-17(11-14)21(26-25-18)22-23-19-7-2-3-8-20(19)24-22/h2-11,27H,12H2,1H3,(H,23,24)(H,25,26). The quantitative estimate of drug-likeness (QED) is 0.444. The highest BCUT2D eigenvalue weighted by Gasteiger charge is 2.14. The first-order chi connectivity index (χ1) is 13.2. The molecule has 0 aliphatic rings. The van der Waals surface area contributed by atoms with Crippen LogP contribution < -0.4 is 0 Å². The van der Waals surface area contributed by atoms with Crippen LogP contribution in [0.2, 0.25) is 0 Å². The molecule has 0 atom stereocenters. The van der Waals surface area contributed by atoms with E-state index in [-0.39, 0.29) is 6.61 Å². The predicted octanol–water partition coefficient (Wildman–Crippen LogP) is 4.57. The van der Waals surface area contributed by atoms with Crippen molar-refractivity contribution in [1.29, 1.82) is 0 Å². The van der Waals surface area contributed by atoms with Crippen LogP contribution in [0, 0.1) is 6.92 Å². The molecule has 5 heteroatoms. The molecule has 0 radical (unpaired) electrons. The van der Waals surface area contributed by atoms with Crippen molar-refractivity contribution in [2.24, 2.45) is 0 Å². The maximum absolute atomic E-state index is 9.56. The lowest BCUT2D eigenvalue weighted by molar-refractivity contribution is 0.281. The highest BCUT2D eigenvalue weighted by atomic mass is 16.3. The first-order valence-electron chi connectivity index (χ1n) is 8.87. The van der Waals surface area contributed by atoms with Crippen LogP contribution in [0.1, 0.15) is 11.1 Å². The lowest BCUT2D eigenvalue weighted by Crippen LogP contribution is -1.92. The van der Waals surface area contributed by atoms with Crippen LogP contribution >= 0.6 is 0 Å². The van der Waals surface area contributed by atoms with E-state index < -0.39 is 0 Å². The number of fused-ring (bicyclic) bond motifs is 2. The maximum atomic E-state index is 9.56. The van der Waals surface area contributed by atoms with Crippen LogP contribution in [0.15, 0.2) is 60.7 Å². The third-order valence-corrected chi connectivity index (χ3v) is 5.10. The van der Waals surface area contributed by atoms with Crippen LogP contribution in [-0.4, -0.2) is 25.3 Å². The molecule has 132 valence electrons. The summed E-state index contributed by atoms with van der Waals surface area (Å²) in [7, 11) is 0. The van der Waals surface area contributed by atoms with E-state index in [1.165, 1.54) is 0 Å². The molecule has 0 spiro atoms. The molecule has 5 rings (SSSR count). The number of imidazole rings is 1. The Balaban J connectivity index is 1.69. The second-order valence-corrected chi connectivity index (χ2v) is 6.68. The number of hydrogen-bond acceptors (Lipinski definition) is 3. The van der Waals surface area contributed by atoms with E-state index in [1.54, 1.807) is 0 Å². The van der Waals surface area contributed by atoms with Crippen molar-refractivity contribution < 1.29 is 5.11 Å². The van der Waals surface area contributed by atoms with Gasteiger partial charge in [0.05, 0.1) is 23.2 Å². The van der Waals surface area contributed by atoms with Gasteiger partial charge in [0.15, 0.2) is 5.82 Å². The Kier molecular flexibility index (Phi) is 3.55. The average molecular weight is 354 g/mol. The SMILES string of the molecule is Cc1c(CO)cccc1-c1ccc2[nH]nc(-c3nc4ccccc4[nH]3)c2c1. The van der Waals surface area contributed by atoms with E-state index in [0.29, 0.717) is 0 Å². The van der Waals surface area contributed by atoms with Crippen molar-refractivity contribution in [3.8, 4) is 22.6 Å². The Hall–Kier alpha value is -3.44. The van der Waals surface area contributed by atoms with Gasteiger partial charge in [0.25, 0.3) is 0 Å². The fraction of sp³-hybridized carbons (Fsp3) is 0.0909. The fourth-order valence-corrected chi connectivity index (χ4v) is 3.59. The summed E-state index contributed by atoms with van der Waals surface area (Å²) in [5.41, 5.74) is 7.92. The van der Waals surface area contributed by atoms with Gasteiger partial charge in [0, 0.05) is 5.39 Å². The minimum Gasteiger partial charge on any atom is -0.392 e. The maximum Gasteiger partial charge on any atom is 0.159 e. The number of nitrogens with one attached hydrogen (secondary N) is 2. The molecule has 5 nitrogen and oxygen atoms in total. The van der Waals surface area contributed by atoms with Crippen molar-refractivity contribution in [2.75, 3.05) is 0 Å². The molecule has 0 bridgehead atoms. The van der Waals surface area contributed by atoms with Gasteiger partial charge >= 0.3 is 0 Å². The Labute approximate surface area is 155 Å². The van der Waals surface area contributed by atoms with Crippen LogP contribution in [0.3, 0.4) is 0 Å². The molecule has 0 aliphatic heterocycles. The summed E-state index contributed by atoms with van der Waals surface area (Å²) in [4.78, 5) is 8.03. The Bertz CT molecular complexity index is 1250. The van der Waals surface area contributed by atoms with E-state index in [9.17, 15) is 5.11 Å². The summed E-state index contributed by atoms with van der Waals surface area (Å²) >= 11 is 0. The van der Waals surface area contributed by atoms with E-state index >= 15 is 0 Å². The molecule has 2 heterocycles. The Morgan fingerprint density at radius 3 is 2.70 bits per heavy atom. The van der Waals surface area contributed by atoms with Crippen molar-refractivity contribution >= 4 is 21.9 Å². The minimum atomic E-state index is 0.0395. The molecule has 0 amide bonds. The number of aromatic nitrogens is 4. The molecule has 0 fully saturated rings. The monoisotopic (exact) mass is 354 g/mol. The summed E-state index contributed by atoms with van der Waals surface area (Å²) in [6, 6.07) is 20.2. The van der Waals surface area contributed by atoms with Crippen LogP contribution in [0.4, 0.5) is 0 Å². The summed E-state index contributed by atoms with van der Waals surface area (Å²) in [5.74, 6) is 0.750. The van der Waals surface area contributed by atoms with E-state index in [1.807, 2.05) is 49.4 Å². The number of aromatic amines is 2. The number of para-hydroxylation sites is 2. The fourth-order valence-electron chi connectivity index (χ4n) is 3.59. The van der Waals surface area contributed by atoms with Gasteiger partial charge in [-0.3, -0.25) is 5.10 Å². The van der Waals surface area contributed by atoms with Crippen LogP contribution in [0.5, 0.6) is 0 Å². The number of nitrogens with zero attached hydrogens (tertiary/aromatic N) is 2. The molecule has 0 saturated carbocycles. The van der Waals surface area contributed by atoms with Gasteiger partial charge in [-0.15, -0.1) is 0 Å². The number of rotatable bonds is 3. The summed E-state index contributed by atoms with van der Waals surface area (Å²) in [6.07, 6.45) is 0. The van der Waals surface area contributed by atoms with Gasteiger partial charge in [-0.25, -0.2) is 4.98 Å². The van der Waals surface area contributed by atoms with Gasteiger partial charge in [0.1, 0.15) is 5.69 Å². The predicted molar refractivity (Wildman–Crippen MR) is 107 cm³/mol. The largest absolute Gasteiger partial charge is 0.392 e. The number of hydrogen-bond donors (Lipinski definition) is 3. The minimum absolute atomic E-state index is 0.0395. The molecule has 3 N–H and O–H groups in total. The summed E-state index contributed by atoms with van der Waals surface area (Å²) < 4.78 is 0. The van der Waals surface area contributed by atoms with E-state index in [2.05, 4.69) is 38.4 Å². The molecular formula is C22H18N4O. The van der Waals surface area contributed by atoms with Crippen molar-refractivity contribution in [1.82, 2.24) is 20.2 Å². The smallest absolute Gasteiger partial charge is 0.159 e. The van der Waals surface area contributed by atoms with Crippen LogP contribution in [-0.2, 0) is 6.61 Å². The Morgan fingerprint density at radius 1 is 0.963 bits per heavy atom. The molecule has 0 unspecified atom stereocenters. The number of H-pyrrole nitrogens is 2. The highest BCUT2D eigenvalue weighted by Crippen LogP contribution is 2.32. The molecule has 0 saturated heterocycles. The molecule has 0 aliphatic carbocycles. The molecule has 3 aromatic carbocycles. The van der Waals surface area contributed by atoms with E-state index in [0.717, 1.165) is 55.7 Å². The second kappa shape index (κ2) is 6.07. The lowest BCUT2D eigenvalue weighted by atomic mass is 9.95. The van der Waals surface area contributed by atoms with Crippen molar-refractivity contribution in [2.45, 2.75) is 13.5 Å². The first kappa shape index (κ1) is 15.8. The zero-order chi connectivity index (χ0) is 18.4. The molecule has 27 heavy (non-hydrogen) atoms. The summed E-state index contributed by atoms with van der Waals surface area (Å²) in [5, 5.41) is 18.2. The first-order valence-corrected chi connectivity index (χ1v) is 8.87. The van der Waals surface area contributed by atoms with Crippen molar-refractivity contribution in [3.05, 3.63) is 71.8 Å². The van der Waals surface area contributed by atoms with Gasteiger partial charge in [-0.2, -0.15) is 5.10 Å². The third kappa shape index (κ3) is 2.52. The third-order valence-electron chi connectivity index (χ3n) is 5.10. The highest BCUT2D eigenvalue weighted by molar-refractivity contribution is 5.95. The molecule has 5 aromatic rings. The number of aliphatic hydroxyl groups is 1. The van der Waals surface area contributed by atoms with Gasteiger partial charge < -0.3 is 10.1 Å². The Morgan fingerprint density at radius 2 is 1.85 bits per heavy atom. The zero-order valence-corrected chi connectivity index (χ0v) is 14.8. The van der Waals surface area contributed by atoms with Crippen molar-refractivity contribution in [3.63, 3.8) is 0 Å². The molecular weight excluding hydrogens is 336 g/mol. The number of benzene rings is 3. The van der Waals surface area contributed by atoms with Gasteiger partial charge in [-0.05, 0) is 53.4 Å². The summed E-state index contributed by atoms with van der Waals surface area (Å²) in [6.45, 7) is 2.08. The normalized spacial score (nSPS) is 11.5. The second-order valence-electron chi connectivity index (χ2n) is 6.68. The lowest BCUT2D eigenvalue weighted by Gasteiger charge is -2.10. The average Bonchev–Trinajstić information content (AvgIpc) is 3.31. The van der Waals surface area contributed by atoms with Gasteiger partial charge in [-0.1, -0.05) is 36.4 Å². The van der Waals surface area contributed by atoms with Crippen LogP contribution in [0.25, 0.3) is 44.6 Å². The number of aliphatic hydroxyl groups excluding tert-OH is 1. The van der Waals surface area contributed by atoms with E-state index in [4.69, 9.17) is 0 Å². The zero-order valence-electron chi connectivity index (χ0n) is 14.8. The molecule has 2 aromatic heterocycles.